The smallest absolute Gasteiger partial charge is 0.330 e. The Morgan fingerprint density at radius 3 is 1.10 bits per heavy atom. The van der Waals surface area contributed by atoms with E-state index in [2.05, 4.69) is 27.0 Å². The molecule has 0 heterocycles. The van der Waals surface area contributed by atoms with Gasteiger partial charge in [-0.3, -0.25) is 19.2 Å². The van der Waals surface area contributed by atoms with E-state index in [0.717, 1.165) is 86.2 Å². The molecule has 13 heteroatoms. The van der Waals surface area contributed by atoms with Crippen LogP contribution < -0.4 is 0 Å². The van der Waals surface area contributed by atoms with E-state index in [-0.39, 0.29) is 59.0 Å². The van der Waals surface area contributed by atoms with E-state index in [1.165, 1.54) is 89.9 Å². The van der Waals surface area contributed by atoms with Crippen LogP contribution in [0.15, 0.2) is 25.3 Å². The van der Waals surface area contributed by atoms with Crippen molar-refractivity contribution in [3.8, 4) is 0 Å². The Bertz CT molecular complexity index is 1590. The zero-order valence-electron chi connectivity index (χ0n) is 43.9. The van der Waals surface area contributed by atoms with Gasteiger partial charge >= 0.3 is 29.8 Å². The van der Waals surface area contributed by atoms with Crippen molar-refractivity contribution < 1.29 is 57.6 Å². The third kappa shape index (κ3) is 22.8. The molecule has 0 aromatic rings. The molecule has 0 aromatic carbocycles. The predicted octanol–water partition coefficient (Wildman–Crippen LogP) is 12.5. The fourth-order valence-electron chi connectivity index (χ4n) is 12.2. The first kappa shape index (κ1) is 60.3. The van der Waals surface area contributed by atoms with E-state index in [9.17, 15) is 33.9 Å². The maximum atomic E-state index is 12.8. The summed E-state index contributed by atoms with van der Waals surface area (Å²) < 4.78 is 26.1. The summed E-state index contributed by atoms with van der Waals surface area (Å²) in [6.07, 6.45) is 33.1. The quantitative estimate of drug-likeness (QED) is 0.0380. The number of unbranched alkanes of at least 4 members (excludes halogenated alkanes) is 2. The van der Waals surface area contributed by atoms with E-state index < -0.39 is 11.9 Å². The molecule has 6 fully saturated rings. The van der Waals surface area contributed by atoms with E-state index in [1.807, 2.05) is 0 Å². The van der Waals surface area contributed by atoms with Crippen molar-refractivity contribution in [2.24, 2.45) is 59.2 Å². The monoisotopic (exact) mass is 1020 g/mol. The van der Waals surface area contributed by atoms with Gasteiger partial charge in [0, 0.05) is 18.1 Å². The van der Waals surface area contributed by atoms with Gasteiger partial charge in [-0.2, -0.15) is 0 Å². The van der Waals surface area contributed by atoms with Crippen molar-refractivity contribution in [1.29, 1.82) is 0 Å². The van der Waals surface area contributed by atoms with Crippen LogP contribution in [0.3, 0.4) is 0 Å². The van der Waals surface area contributed by atoms with Crippen molar-refractivity contribution in [3.05, 3.63) is 25.3 Å². The van der Waals surface area contributed by atoms with Gasteiger partial charge in [-0.05, 0) is 201 Å². The number of aliphatic hydroxyl groups excluding tert-OH is 1. The Kier molecular flexibility index (Phi) is 29.1. The van der Waals surface area contributed by atoms with Gasteiger partial charge in [0.1, 0.15) is 6.10 Å². The molecule has 0 aliphatic heterocycles. The summed E-state index contributed by atoms with van der Waals surface area (Å²) in [6.45, 7) is 12.6. The highest BCUT2D eigenvalue weighted by Gasteiger charge is 2.36. The maximum absolute atomic E-state index is 12.8. The Morgan fingerprint density at radius 2 is 0.746 bits per heavy atom. The highest BCUT2D eigenvalue weighted by molar-refractivity contribution is 6.63. The topological polar surface area (TPSA) is 169 Å². The van der Waals surface area contributed by atoms with E-state index >= 15 is 0 Å². The first-order valence-corrected chi connectivity index (χ1v) is 28.7. The molecular weight excluding hydrogens is 924 g/mol. The summed E-state index contributed by atoms with van der Waals surface area (Å²) in [5.74, 6) is 4.29. The first-order chi connectivity index (χ1) is 34.3. The number of aliphatic hydroxyl groups is 1. The molecule has 0 radical (unpaired) electrons. The predicted molar refractivity (Wildman–Crippen MR) is 276 cm³/mol. The molecule has 6 saturated carbocycles. The number of carbonyl (C=O) groups excluding carboxylic acids is 6. The summed E-state index contributed by atoms with van der Waals surface area (Å²) in [6, 6.07) is 0. The number of hydrogen-bond donors (Lipinski definition) is 1. The van der Waals surface area contributed by atoms with Crippen LogP contribution in [0.2, 0.25) is 0 Å². The largest absolute Gasteiger partial charge is 0.465 e. The minimum atomic E-state index is -0.434. The minimum absolute atomic E-state index is 0.0127. The molecule has 0 spiro atoms. The second-order valence-corrected chi connectivity index (χ2v) is 22.2. The molecule has 0 unspecified atom stereocenters. The average Bonchev–Trinajstić information content (AvgIpc) is 3.41. The molecule has 71 heavy (non-hydrogen) atoms. The molecule has 0 aromatic heterocycles. The van der Waals surface area contributed by atoms with Crippen LogP contribution in [0.1, 0.15) is 206 Å². The SMILES string of the molecule is C=CC(=O)OCCCCOC(=O)C1CCC(O)CC1.C=CC(=O)OCCCCOC(=O)C1CCC(OC(=O)C2CCC(C3CCC(CC)CC3)CC2)CC1.CCC1CCC(C2CCC(C(=O)Cl)CC2)CC1. The second-order valence-electron chi connectivity index (χ2n) is 21.8. The number of carbonyl (C=O) groups is 6. The fourth-order valence-corrected chi connectivity index (χ4v) is 12.4. The van der Waals surface area contributed by atoms with Crippen LogP contribution in [0, 0.1) is 59.2 Å². The Morgan fingerprint density at radius 1 is 0.437 bits per heavy atom. The molecule has 0 saturated heterocycles. The van der Waals surface area contributed by atoms with Gasteiger partial charge in [0.25, 0.3) is 0 Å². The van der Waals surface area contributed by atoms with Crippen molar-refractivity contribution in [1.82, 2.24) is 0 Å². The number of halogens is 1. The molecule has 6 aliphatic rings. The minimum Gasteiger partial charge on any atom is -0.465 e. The standard InChI is InChI=1S/C29H46O6.C15H25ClO.C14H22O5/c1-3-21-7-9-22(10-8-21)23-11-13-25(14-12-23)29(32)35-26-17-15-24(16-18-26)28(31)34-20-6-5-19-33-27(30)4-2;1-2-11-3-5-12(6-4-11)13-7-9-14(10-8-13)15(16)17;1-2-13(16)18-9-3-4-10-19-14(17)11-5-7-12(15)8-6-11/h4,21-26H,2-3,5-20H2,1H3;11-14H,2-10H2,1H3;2,11-12,15H,1,3-10H2. The highest BCUT2D eigenvalue weighted by Crippen LogP contribution is 2.44. The van der Waals surface area contributed by atoms with Gasteiger partial charge < -0.3 is 28.8 Å². The number of rotatable bonds is 21. The number of ether oxygens (including phenoxy) is 5. The average molecular weight is 1020 g/mol. The summed E-state index contributed by atoms with van der Waals surface area (Å²) >= 11 is 5.59. The van der Waals surface area contributed by atoms with Gasteiger partial charge in [0.15, 0.2) is 0 Å². The van der Waals surface area contributed by atoms with E-state index in [0.29, 0.717) is 90.6 Å². The van der Waals surface area contributed by atoms with Crippen molar-refractivity contribution >= 4 is 46.7 Å². The molecule has 0 amide bonds. The Balaban J connectivity index is 0.000000256. The highest BCUT2D eigenvalue weighted by atomic mass is 35.5. The zero-order chi connectivity index (χ0) is 51.4. The molecular formula is C58H93ClO12. The summed E-state index contributed by atoms with van der Waals surface area (Å²) in [7, 11) is 0. The second kappa shape index (κ2) is 34.3. The van der Waals surface area contributed by atoms with Crippen molar-refractivity contribution in [2.45, 2.75) is 219 Å². The summed E-state index contributed by atoms with van der Waals surface area (Å²) in [5.41, 5.74) is 0. The molecule has 0 bridgehead atoms. The van der Waals surface area contributed by atoms with Crippen LogP contribution in [0.5, 0.6) is 0 Å². The Labute approximate surface area is 432 Å². The molecule has 6 rings (SSSR count). The first-order valence-electron chi connectivity index (χ1n) is 28.3. The number of esters is 5. The fraction of sp³-hybridized carbons (Fsp3) is 0.828. The van der Waals surface area contributed by atoms with E-state index in [1.54, 1.807) is 0 Å². The molecule has 1 N–H and O–H groups in total. The van der Waals surface area contributed by atoms with Crippen molar-refractivity contribution in [3.63, 3.8) is 0 Å². The summed E-state index contributed by atoms with van der Waals surface area (Å²) in [4.78, 5) is 69.6. The van der Waals surface area contributed by atoms with Gasteiger partial charge in [0.05, 0.1) is 50.3 Å². The van der Waals surface area contributed by atoms with Crippen LogP contribution in [-0.2, 0) is 52.5 Å². The molecule has 12 nitrogen and oxygen atoms in total. The maximum Gasteiger partial charge on any atom is 0.330 e. The van der Waals surface area contributed by atoms with E-state index in [4.69, 9.17) is 35.3 Å². The van der Waals surface area contributed by atoms with Crippen LogP contribution in [0.4, 0.5) is 0 Å². The summed E-state index contributed by atoms with van der Waals surface area (Å²) in [5, 5.41) is 9.25. The molecule has 0 atom stereocenters. The third-order valence-corrected chi connectivity index (χ3v) is 17.5. The van der Waals surface area contributed by atoms with Gasteiger partial charge in [-0.25, -0.2) is 9.59 Å². The Hall–Kier alpha value is -3.25. The van der Waals surface area contributed by atoms with Crippen LogP contribution >= 0.6 is 11.6 Å². The lowest BCUT2D eigenvalue weighted by Crippen LogP contribution is -2.33. The van der Waals surface area contributed by atoms with Crippen LogP contribution in [-0.4, -0.2) is 78.8 Å². The molecule has 6 aliphatic carbocycles. The van der Waals surface area contributed by atoms with Crippen molar-refractivity contribution in [2.75, 3.05) is 26.4 Å². The lowest BCUT2D eigenvalue weighted by molar-refractivity contribution is -0.159. The van der Waals surface area contributed by atoms with Gasteiger partial charge in [-0.15, -0.1) is 0 Å². The zero-order valence-corrected chi connectivity index (χ0v) is 44.6. The van der Waals surface area contributed by atoms with Gasteiger partial charge in [0.2, 0.25) is 5.24 Å². The van der Waals surface area contributed by atoms with Gasteiger partial charge in [-0.1, -0.05) is 65.5 Å². The number of hydrogen-bond acceptors (Lipinski definition) is 12. The molecule has 404 valence electrons. The normalized spacial score (nSPS) is 30.8. The lowest BCUT2D eigenvalue weighted by Gasteiger charge is -2.37. The van der Waals surface area contributed by atoms with Crippen LogP contribution in [0.25, 0.3) is 0 Å². The lowest BCUT2D eigenvalue weighted by atomic mass is 9.69. The third-order valence-electron chi connectivity index (χ3n) is 17.2.